The van der Waals surface area contributed by atoms with Crippen LogP contribution in [0.5, 0.6) is 0 Å². The summed E-state index contributed by atoms with van der Waals surface area (Å²) in [6.45, 7) is 1.72. The van der Waals surface area contributed by atoms with Crippen molar-refractivity contribution in [3.63, 3.8) is 0 Å². The van der Waals surface area contributed by atoms with Crippen LogP contribution in [0.2, 0.25) is 0 Å². The SMILES string of the molecule is CCS(=O)(=O)[C@]1(C)CC[C@@](CF)(c2cc(N)cc(F)c2F)N=C1N. The third-order valence-electron chi connectivity index (χ3n) is 4.73. The standard InChI is InChI=1S/C15H20F3N3O2S/c1-3-24(22,23)14(2)4-5-15(8-16,21-13(14)20)10-6-9(19)7-11(17)12(10)18/h6-7H,3-5,8,19H2,1-2H3,(H2,20,21)/t14-,15-/m1/s1. The van der Waals surface area contributed by atoms with Crippen LogP contribution in [0.1, 0.15) is 32.3 Å². The maximum absolute atomic E-state index is 14.2. The van der Waals surface area contributed by atoms with Gasteiger partial charge in [0.05, 0.1) is 0 Å². The number of rotatable bonds is 4. The number of halogens is 3. The van der Waals surface area contributed by atoms with Gasteiger partial charge < -0.3 is 11.5 Å². The van der Waals surface area contributed by atoms with Gasteiger partial charge in [0.2, 0.25) is 0 Å². The molecular formula is C15H20F3N3O2S. The fraction of sp³-hybridized carbons (Fsp3) is 0.533. The lowest BCUT2D eigenvalue weighted by Gasteiger charge is -2.40. The zero-order valence-corrected chi connectivity index (χ0v) is 14.3. The molecule has 4 N–H and O–H groups in total. The molecule has 1 aromatic rings. The monoisotopic (exact) mass is 363 g/mol. The van der Waals surface area contributed by atoms with Crippen LogP contribution >= 0.6 is 0 Å². The molecule has 0 aliphatic carbocycles. The second-order valence-electron chi connectivity index (χ2n) is 6.16. The van der Waals surface area contributed by atoms with E-state index in [1.165, 1.54) is 13.8 Å². The van der Waals surface area contributed by atoms with Crippen molar-refractivity contribution in [2.75, 3.05) is 18.2 Å². The molecule has 0 unspecified atom stereocenters. The number of hydrogen-bond donors (Lipinski definition) is 2. The Labute approximate surface area is 138 Å². The Bertz CT molecular complexity index is 797. The van der Waals surface area contributed by atoms with Crippen molar-refractivity contribution in [1.29, 1.82) is 0 Å². The van der Waals surface area contributed by atoms with E-state index in [1.807, 2.05) is 0 Å². The van der Waals surface area contributed by atoms with Gasteiger partial charge in [0, 0.05) is 17.0 Å². The summed E-state index contributed by atoms with van der Waals surface area (Å²) in [5.74, 6) is -2.96. The average molecular weight is 363 g/mol. The highest BCUT2D eigenvalue weighted by atomic mass is 32.2. The van der Waals surface area contributed by atoms with Crippen LogP contribution in [0.3, 0.4) is 0 Å². The van der Waals surface area contributed by atoms with Crippen molar-refractivity contribution < 1.29 is 21.6 Å². The minimum Gasteiger partial charge on any atom is -0.399 e. The normalized spacial score (nSPS) is 27.8. The van der Waals surface area contributed by atoms with Gasteiger partial charge >= 0.3 is 0 Å². The molecule has 5 nitrogen and oxygen atoms in total. The van der Waals surface area contributed by atoms with Crippen LogP contribution in [0.4, 0.5) is 18.9 Å². The second-order valence-corrected chi connectivity index (χ2v) is 8.87. The molecule has 0 amide bonds. The molecule has 1 aliphatic heterocycles. The van der Waals surface area contributed by atoms with E-state index < -0.39 is 38.4 Å². The molecule has 1 aliphatic rings. The highest BCUT2D eigenvalue weighted by molar-refractivity contribution is 7.93. The Kier molecular flexibility index (Phi) is 4.60. The summed E-state index contributed by atoms with van der Waals surface area (Å²) >= 11 is 0. The highest BCUT2D eigenvalue weighted by Gasteiger charge is 2.50. The molecular weight excluding hydrogens is 343 g/mol. The van der Waals surface area contributed by atoms with Crippen LogP contribution in [-0.4, -0.2) is 31.4 Å². The predicted molar refractivity (Wildman–Crippen MR) is 87.1 cm³/mol. The van der Waals surface area contributed by atoms with Gasteiger partial charge in [0.25, 0.3) is 0 Å². The molecule has 0 fully saturated rings. The molecule has 0 radical (unpaired) electrons. The zero-order chi connectivity index (χ0) is 18.3. The van der Waals surface area contributed by atoms with E-state index >= 15 is 0 Å². The molecule has 134 valence electrons. The Hall–Kier alpha value is -1.77. The van der Waals surface area contributed by atoms with Crippen molar-refractivity contribution in [1.82, 2.24) is 0 Å². The van der Waals surface area contributed by atoms with Gasteiger partial charge in [0.15, 0.2) is 21.5 Å². The van der Waals surface area contributed by atoms with Crippen molar-refractivity contribution in [2.45, 2.75) is 37.0 Å². The molecule has 1 aromatic carbocycles. The maximum Gasteiger partial charge on any atom is 0.164 e. The second kappa shape index (κ2) is 5.94. The molecule has 0 saturated carbocycles. The molecule has 0 aromatic heterocycles. The first-order valence-electron chi connectivity index (χ1n) is 7.42. The number of benzene rings is 1. The summed E-state index contributed by atoms with van der Waals surface area (Å²) in [7, 11) is -3.61. The van der Waals surface area contributed by atoms with Gasteiger partial charge in [-0.2, -0.15) is 0 Å². The first-order valence-corrected chi connectivity index (χ1v) is 9.07. The average Bonchev–Trinajstić information content (AvgIpc) is 2.53. The number of sulfone groups is 1. The van der Waals surface area contributed by atoms with Crippen LogP contribution in [0.25, 0.3) is 0 Å². The van der Waals surface area contributed by atoms with Crippen LogP contribution in [0, 0.1) is 11.6 Å². The number of nitrogen functional groups attached to an aromatic ring is 1. The summed E-state index contributed by atoms with van der Waals surface area (Å²) in [6.07, 6.45) is -0.196. The molecule has 24 heavy (non-hydrogen) atoms. The number of alkyl halides is 1. The summed E-state index contributed by atoms with van der Waals surface area (Å²) in [5.41, 5.74) is 9.14. The minimum atomic E-state index is -3.61. The Morgan fingerprint density at radius 2 is 1.88 bits per heavy atom. The summed E-state index contributed by atoms with van der Waals surface area (Å²) in [6, 6.07) is 1.89. The van der Waals surface area contributed by atoms with Gasteiger partial charge in [-0.1, -0.05) is 6.92 Å². The van der Waals surface area contributed by atoms with Crippen molar-refractivity contribution in [2.24, 2.45) is 10.7 Å². The highest BCUT2D eigenvalue weighted by Crippen LogP contribution is 2.43. The largest absolute Gasteiger partial charge is 0.399 e. The van der Waals surface area contributed by atoms with Gasteiger partial charge in [-0.3, -0.25) is 4.99 Å². The molecule has 2 atom stereocenters. The summed E-state index contributed by atoms with van der Waals surface area (Å²) < 4.78 is 64.8. The van der Waals surface area contributed by atoms with Crippen molar-refractivity contribution in [3.8, 4) is 0 Å². The van der Waals surface area contributed by atoms with Gasteiger partial charge in [-0.05, 0) is 31.9 Å². The third-order valence-corrected chi connectivity index (χ3v) is 7.28. The van der Waals surface area contributed by atoms with Gasteiger partial charge in [-0.15, -0.1) is 0 Å². The lowest BCUT2D eigenvalue weighted by atomic mass is 9.80. The third kappa shape index (κ3) is 2.64. The van der Waals surface area contributed by atoms with Crippen LogP contribution in [0.15, 0.2) is 17.1 Å². The zero-order valence-electron chi connectivity index (χ0n) is 13.4. The Morgan fingerprint density at radius 1 is 1.25 bits per heavy atom. The molecule has 9 heteroatoms. The smallest absolute Gasteiger partial charge is 0.164 e. The van der Waals surface area contributed by atoms with Gasteiger partial charge in [0.1, 0.15) is 22.8 Å². The van der Waals surface area contributed by atoms with Crippen molar-refractivity contribution in [3.05, 3.63) is 29.3 Å². The maximum atomic E-state index is 14.2. The quantitative estimate of drug-likeness (QED) is 0.800. The van der Waals surface area contributed by atoms with E-state index in [4.69, 9.17) is 11.5 Å². The number of aliphatic imine (C=N–C) groups is 1. The molecule has 0 bridgehead atoms. The first kappa shape index (κ1) is 18.6. The lowest BCUT2D eigenvalue weighted by molar-refractivity contribution is 0.263. The minimum absolute atomic E-state index is 0.0573. The fourth-order valence-corrected chi connectivity index (χ4v) is 4.34. The topological polar surface area (TPSA) is 98.5 Å². The fourth-order valence-electron chi connectivity index (χ4n) is 2.92. The van der Waals surface area contributed by atoms with Gasteiger partial charge in [-0.25, -0.2) is 21.6 Å². The summed E-state index contributed by atoms with van der Waals surface area (Å²) in [5, 5.41) is 0. The number of nitrogens with two attached hydrogens (primary N) is 2. The first-order chi connectivity index (χ1) is 11.0. The van der Waals surface area contributed by atoms with Crippen LogP contribution in [-0.2, 0) is 15.4 Å². The van der Waals surface area contributed by atoms with Crippen molar-refractivity contribution >= 4 is 21.4 Å². The lowest BCUT2D eigenvalue weighted by Crippen LogP contribution is -2.54. The number of hydrogen-bond acceptors (Lipinski definition) is 5. The Balaban J connectivity index is 2.65. The Morgan fingerprint density at radius 3 is 2.38 bits per heavy atom. The van der Waals surface area contributed by atoms with E-state index in [0.29, 0.717) is 0 Å². The van der Waals surface area contributed by atoms with E-state index in [1.54, 1.807) is 0 Å². The molecule has 0 saturated heterocycles. The molecule has 0 spiro atoms. The van der Waals surface area contributed by atoms with E-state index in [2.05, 4.69) is 4.99 Å². The number of amidine groups is 1. The molecule has 1 heterocycles. The van der Waals surface area contributed by atoms with E-state index in [0.717, 1.165) is 12.1 Å². The van der Waals surface area contributed by atoms with E-state index in [9.17, 15) is 21.6 Å². The number of anilines is 1. The van der Waals surface area contributed by atoms with E-state index in [-0.39, 0.29) is 35.7 Å². The number of nitrogens with zero attached hydrogens (tertiary/aromatic N) is 1. The summed E-state index contributed by atoms with van der Waals surface area (Å²) in [4.78, 5) is 3.99. The van der Waals surface area contributed by atoms with Crippen LogP contribution < -0.4 is 11.5 Å². The molecule has 2 rings (SSSR count). The predicted octanol–water partition coefficient (Wildman–Crippen LogP) is 2.06.